The van der Waals surface area contributed by atoms with E-state index in [-0.39, 0.29) is 11.5 Å². The zero-order valence-corrected chi connectivity index (χ0v) is 18.9. The number of benzene rings is 2. The average Bonchev–Trinajstić information content (AvgIpc) is 3.01. The normalized spacial score (nSPS) is 16.1. The van der Waals surface area contributed by atoms with Crippen LogP contribution in [-0.4, -0.2) is 34.7 Å². The molecule has 0 bridgehead atoms. The molecule has 1 atom stereocenters. The Bertz CT molecular complexity index is 972. The number of carbonyl (C=O) groups excluding carboxylic acids is 3. The number of hydrogen-bond donors (Lipinski definition) is 0. The van der Waals surface area contributed by atoms with Crippen molar-refractivity contribution >= 4 is 50.9 Å². The fraction of sp³-hybridized carbons (Fsp3) is 0.227. The number of hydrogen-bond acceptors (Lipinski definition) is 6. The number of rotatable bonds is 7. The molecule has 0 aromatic heterocycles. The molecule has 0 N–H and O–H groups in total. The highest BCUT2D eigenvalue weighted by molar-refractivity contribution is 9.10. The first-order chi connectivity index (χ1) is 14.4. The zero-order valence-electron chi connectivity index (χ0n) is 16.5. The van der Waals surface area contributed by atoms with Crippen molar-refractivity contribution in [1.82, 2.24) is 4.90 Å². The van der Waals surface area contributed by atoms with Crippen LogP contribution in [-0.2, 0) is 20.9 Å². The number of imide groups is 1. The molecule has 0 saturated carbocycles. The van der Waals surface area contributed by atoms with Crippen molar-refractivity contribution in [3.05, 3.63) is 69.0 Å². The first kappa shape index (κ1) is 22.1. The van der Waals surface area contributed by atoms with E-state index in [2.05, 4.69) is 15.9 Å². The van der Waals surface area contributed by atoms with Crippen molar-refractivity contribution in [2.45, 2.75) is 26.5 Å². The van der Waals surface area contributed by atoms with Gasteiger partial charge in [0.25, 0.3) is 11.1 Å². The van der Waals surface area contributed by atoms with Crippen molar-refractivity contribution in [1.29, 1.82) is 0 Å². The number of carbonyl (C=O) groups is 3. The van der Waals surface area contributed by atoms with Gasteiger partial charge in [0, 0.05) is 4.47 Å². The lowest BCUT2D eigenvalue weighted by molar-refractivity contribution is -0.150. The third kappa shape index (κ3) is 5.31. The topological polar surface area (TPSA) is 72.9 Å². The third-order valence-corrected chi connectivity index (χ3v) is 5.75. The van der Waals surface area contributed by atoms with E-state index in [4.69, 9.17) is 9.47 Å². The minimum Gasteiger partial charge on any atom is -0.489 e. The van der Waals surface area contributed by atoms with E-state index in [0.29, 0.717) is 12.4 Å². The summed E-state index contributed by atoms with van der Waals surface area (Å²) in [6, 6.07) is 14.1. The Kier molecular flexibility index (Phi) is 7.33. The molecule has 1 aliphatic rings. The highest BCUT2D eigenvalue weighted by Gasteiger charge is 2.41. The Labute approximate surface area is 187 Å². The van der Waals surface area contributed by atoms with Gasteiger partial charge in [-0.1, -0.05) is 40.2 Å². The fourth-order valence-electron chi connectivity index (χ4n) is 2.74. The van der Waals surface area contributed by atoms with Gasteiger partial charge in [-0.05, 0) is 67.1 Å². The molecule has 0 spiro atoms. The second-order valence-corrected chi connectivity index (χ2v) is 8.37. The lowest BCUT2D eigenvalue weighted by atomic mass is 10.2. The van der Waals surface area contributed by atoms with Gasteiger partial charge in [-0.2, -0.15) is 0 Å². The Morgan fingerprint density at radius 3 is 2.43 bits per heavy atom. The molecular weight excluding hydrogens is 470 g/mol. The van der Waals surface area contributed by atoms with Crippen LogP contribution < -0.4 is 4.74 Å². The Balaban J connectivity index is 1.65. The molecule has 6 nitrogen and oxygen atoms in total. The zero-order chi connectivity index (χ0) is 21.7. The number of esters is 1. The number of ether oxygens (including phenoxy) is 2. The maximum atomic E-state index is 12.6. The molecule has 156 valence electrons. The molecule has 1 aliphatic heterocycles. The van der Waals surface area contributed by atoms with Crippen LogP contribution in [0.1, 0.15) is 25.0 Å². The van der Waals surface area contributed by atoms with Gasteiger partial charge in [-0.15, -0.1) is 0 Å². The van der Waals surface area contributed by atoms with Crippen LogP contribution in [0, 0.1) is 0 Å². The van der Waals surface area contributed by atoms with Crippen molar-refractivity contribution in [3.63, 3.8) is 0 Å². The average molecular weight is 490 g/mol. The van der Waals surface area contributed by atoms with Gasteiger partial charge >= 0.3 is 5.97 Å². The molecule has 8 heteroatoms. The van der Waals surface area contributed by atoms with E-state index in [9.17, 15) is 14.4 Å². The third-order valence-electron chi connectivity index (χ3n) is 4.34. The van der Waals surface area contributed by atoms with Crippen LogP contribution in [0.15, 0.2) is 57.9 Å². The smallest absolute Gasteiger partial charge is 0.329 e. The Morgan fingerprint density at radius 1 is 1.13 bits per heavy atom. The summed E-state index contributed by atoms with van der Waals surface area (Å²) >= 11 is 4.21. The lowest BCUT2D eigenvalue weighted by Gasteiger charge is -2.19. The van der Waals surface area contributed by atoms with Gasteiger partial charge in [0.15, 0.2) is 0 Å². The highest BCUT2D eigenvalue weighted by Crippen LogP contribution is 2.34. The van der Waals surface area contributed by atoms with Crippen LogP contribution in [0.25, 0.3) is 6.08 Å². The molecule has 0 radical (unpaired) electrons. The molecule has 0 unspecified atom stereocenters. The summed E-state index contributed by atoms with van der Waals surface area (Å²) in [7, 11) is 0. The summed E-state index contributed by atoms with van der Waals surface area (Å²) in [5.74, 6) is -0.409. The van der Waals surface area contributed by atoms with Crippen LogP contribution in [0.5, 0.6) is 5.75 Å². The van der Waals surface area contributed by atoms with E-state index in [0.717, 1.165) is 32.3 Å². The standard InChI is InChI=1S/C22H20BrNO5S/c1-3-28-21(26)14(2)24-20(25)19(30-22(24)27)12-15-6-10-18(11-7-15)29-13-16-4-8-17(23)9-5-16/h4-12,14H,3,13H2,1-2H3/b19-12+/t14-/m0/s1. The minimum absolute atomic E-state index is 0.186. The van der Waals surface area contributed by atoms with Gasteiger partial charge in [-0.3, -0.25) is 14.5 Å². The minimum atomic E-state index is -0.960. The molecular formula is C22H20BrNO5S. The molecule has 1 fully saturated rings. The van der Waals surface area contributed by atoms with Crippen molar-refractivity contribution in [2.75, 3.05) is 6.61 Å². The van der Waals surface area contributed by atoms with E-state index < -0.39 is 23.2 Å². The number of amides is 2. The molecule has 30 heavy (non-hydrogen) atoms. The van der Waals surface area contributed by atoms with Crippen LogP contribution >= 0.6 is 27.7 Å². The predicted molar refractivity (Wildman–Crippen MR) is 119 cm³/mol. The lowest BCUT2D eigenvalue weighted by Crippen LogP contribution is -2.42. The summed E-state index contributed by atoms with van der Waals surface area (Å²) in [6.45, 7) is 3.78. The largest absolute Gasteiger partial charge is 0.489 e. The molecule has 2 aromatic carbocycles. The van der Waals surface area contributed by atoms with E-state index in [1.807, 2.05) is 24.3 Å². The Morgan fingerprint density at radius 2 is 1.80 bits per heavy atom. The first-order valence-corrected chi connectivity index (χ1v) is 10.9. The number of thioether (sulfide) groups is 1. The molecule has 1 saturated heterocycles. The molecule has 2 aromatic rings. The molecule has 0 aliphatic carbocycles. The van der Waals surface area contributed by atoms with Crippen molar-refractivity contribution in [3.8, 4) is 5.75 Å². The summed E-state index contributed by atoms with van der Waals surface area (Å²) in [4.78, 5) is 37.9. The fourth-order valence-corrected chi connectivity index (χ4v) is 3.91. The second-order valence-electron chi connectivity index (χ2n) is 6.46. The van der Waals surface area contributed by atoms with Gasteiger partial charge in [0.1, 0.15) is 18.4 Å². The molecule has 1 heterocycles. The van der Waals surface area contributed by atoms with Gasteiger partial charge in [-0.25, -0.2) is 4.79 Å². The monoisotopic (exact) mass is 489 g/mol. The SMILES string of the molecule is CCOC(=O)[C@H](C)N1C(=O)S/C(=C/c2ccc(OCc3ccc(Br)cc3)cc2)C1=O. The van der Waals surface area contributed by atoms with Gasteiger partial charge < -0.3 is 9.47 Å². The van der Waals surface area contributed by atoms with Crippen molar-refractivity contribution in [2.24, 2.45) is 0 Å². The van der Waals surface area contributed by atoms with Crippen molar-refractivity contribution < 1.29 is 23.9 Å². The second kappa shape index (κ2) is 9.95. The predicted octanol–water partition coefficient (Wildman–Crippen LogP) is 5.02. The number of halogens is 1. The number of nitrogens with zero attached hydrogens (tertiary/aromatic N) is 1. The Hall–Kier alpha value is -2.58. The molecule has 2 amide bonds. The van der Waals surface area contributed by atoms with E-state index in [1.54, 1.807) is 37.3 Å². The summed E-state index contributed by atoms with van der Waals surface area (Å²) in [5, 5.41) is -0.485. The quantitative estimate of drug-likeness (QED) is 0.401. The van der Waals surface area contributed by atoms with Gasteiger partial charge in [0.05, 0.1) is 11.5 Å². The summed E-state index contributed by atoms with van der Waals surface area (Å²) < 4.78 is 11.7. The summed E-state index contributed by atoms with van der Waals surface area (Å²) in [6.07, 6.45) is 1.63. The maximum Gasteiger partial charge on any atom is 0.329 e. The highest BCUT2D eigenvalue weighted by atomic mass is 79.9. The van der Waals surface area contributed by atoms with Gasteiger partial charge in [0.2, 0.25) is 0 Å². The van der Waals surface area contributed by atoms with E-state index in [1.165, 1.54) is 6.92 Å². The van der Waals surface area contributed by atoms with Crippen LogP contribution in [0.3, 0.4) is 0 Å². The summed E-state index contributed by atoms with van der Waals surface area (Å²) in [5.41, 5.74) is 1.80. The van der Waals surface area contributed by atoms with E-state index >= 15 is 0 Å². The van der Waals surface area contributed by atoms with Crippen LogP contribution in [0.2, 0.25) is 0 Å². The van der Waals surface area contributed by atoms with Crippen LogP contribution in [0.4, 0.5) is 4.79 Å². The first-order valence-electron chi connectivity index (χ1n) is 9.30. The molecule has 3 rings (SSSR count). The maximum absolute atomic E-state index is 12.6.